The van der Waals surface area contributed by atoms with Gasteiger partial charge in [0.05, 0.1) is 34.0 Å². The highest BCUT2D eigenvalue weighted by molar-refractivity contribution is 6.42. The molecular weight excluding hydrogens is 343 g/mol. The van der Waals surface area contributed by atoms with Crippen LogP contribution in [0, 0.1) is 0 Å². The lowest BCUT2D eigenvalue weighted by atomic mass is 10.0. The van der Waals surface area contributed by atoms with Crippen molar-refractivity contribution >= 4 is 35.2 Å². The number of urea groups is 1. The molecule has 1 aliphatic rings. The van der Waals surface area contributed by atoms with E-state index in [-0.39, 0.29) is 13.2 Å². The summed E-state index contributed by atoms with van der Waals surface area (Å²) in [5.74, 6) is -0.0317. The van der Waals surface area contributed by atoms with Gasteiger partial charge in [-0.15, -0.1) is 0 Å². The lowest BCUT2D eigenvalue weighted by Crippen LogP contribution is -2.50. The van der Waals surface area contributed by atoms with E-state index in [1.165, 1.54) is 0 Å². The van der Waals surface area contributed by atoms with Crippen LogP contribution >= 0.6 is 23.2 Å². The molecule has 0 radical (unpaired) electrons. The van der Waals surface area contributed by atoms with Crippen molar-refractivity contribution in [1.82, 2.24) is 10.6 Å². The maximum Gasteiger partial charge on any atom is 0.338 e. The van der Waals surface area contributed by atoms with Gasteiger partial charge in [-0.3, -0.25) is 0 Å². The number of esters is 1. The van der Waals surface area contributed by atoms with E-state index in [1.54, 1.807) is 32.0 Å². The van der Waals surface area contributed by atoms with Crippen molar-refractivity contribution in [2.75, 3.05) is 13.2 Å². The molecule has 1 atom stereocenters. The van der Waals surface area contributed by atoms with Gasteiger partial charge in [0.1, 0.15) is 12.4 Å². The van der Waals surface area contributed by atoms with Gasteiger partial charge in [0.2, 0.25) is 0 Å². The first-order chi connectivity index (χ1) is 10.9. The number of carbonyl (C=O) groups is 2. The van der Waals surface area contributed by atoms with Crippen molar-refractivity contribution in [3.63, 3.8) is 0 Å². The van der Waals surface area contributed by atoms with Crippen molar-refractivity contribution in [3.8, 4) is 5.75 Å². The van der Waals surface area contributed by atoms with Crippen LogP contribution in [0.2, 0.25) is 10.0 Å². The molecule has 0 aromatic heterocycles. The third-order valence-electron chi connectivity index (χ3n) is 3.14. The van der Waals surface area contributed by atoms with Crippen molar-refractivity contribution in [2.45, 2.75) is 19.9 Å². The van der Waals surface area contributed by atoms with Crippen LogP contribution < -0.4 is 15.4 Å². The predicted molar refractivity (Wildman–Crippen MR) is 86.7 cm³/mol. The normalized spacial score (nSPS) is 17.4. The van der Waals surface area contributed by atoms with Crippen LogP contribution in [0.3, 0.4) is 0 Å². The summed E-state index contributed by atoms with van der Waals surface area (Å²) >= 11 is 11.8. The van der Waals surface area contributed by atoms with Crippen molar-refractivity contribution in [2.24, 2.45) is 0 Å². The lowest BCUT2D eigenvalue weighted by Gasteiger charge is -2.26. The first kappa shape index (κ1) is 17.4. The Morgan fingerprint density at radius 1 is 1.30 bits per heavy atom. The summed E-state index contributed by atoms with van der Waals surface area (Å²) in [5, 5.41) is 5.95. The molecule has 8 heteroatoms. The molecule has 124 valence electrons. The summed E-state index contributed by atoms with van der Waals surface area (Å²) in [6.45, 7) is 3.64. The van der Waals surface area contributed by atoms with Crippen LogP contribution in [0.25, 0.3) is 0 Å². The molecule has 0 saturated heterocycles. The Bertz CT molecular complexity index is 661. The van der Waals surface area contributed by atoms with Crippen molar-refractivity contribution < 1.29 is 19.1 Å². The fourth-order valence-electron chi connectivity index (χ4n) is 2.12. The van der Waals surface area contributed by atoms with Crippen LogP contribution in [0.5, 0.6) is 5.75 Å². The monoisotopic (exact) mass is 358 g/mol. The molecule has 2 rings (SSSR count). The Labute approximate surface area is 143 Å². The van der Waals surface area contributed by atoms with Crippen molar-refractivity contribution in [1.29, 1.82) is 0 Å². The number of nitrogens with one attached hydrogen (secondary N) is 2. The fraction of sp³-hybridized carbons (Fsp3) is 0.333. The average Bonchev–Trinajstić information content (AvgIpc) is 2.48. The summed E-state index contributed by atoms with van der Waals surface area (Å²) in [5.41, 5.74) is 0.678. The van der Waals surface area contributed by atoms with Gasteiger partial charge in [-0.1, -0.05) is 23.2 Å². The third-order valence-corrected chi connectivity index (χ3v) is 3.88. The molecule has 1 heterocycles. The number of rotatable bonds is 5. The number of carbonyl (C=O) groups excluding carboxylic acids is 2. The molecule has 0 saturated carbocycles. The number of halogens is 2. The molecule has 6 nitrogen and oxygen atoms in total. The van der Waals surface area contributed by atoms with E-state index in [4.69, 9.17) is 32.7 Å². The standard InChI is InChI=1S/C15H16Cl2N2O4/c1-3-22-14(20)13-8(2)18-15(21)19-12(13)7-23-9-4-5-10(16)11(17)6-9/h4-6,8H,3,7H2,1-2H3,(H2,18,19,21)/t8-/m0/s1. The summed E-state index contributed by atoms with van der Waals surface area (Å²) < 4.78 is 10.6. The van der Waals surface area contributed by atoms with Crippen molar-refractivity contribution in [3.05, 3.63) is 39.5 Å². The van der Waals surface area contributed by atoms with Gasteiger partial charge in [-0.05, 0) is 26.0 Å². The Balaban J connectivity index is 2.20. The molecule has 1 aromatic carbocycles. The maximum absolute atomic E-state index is 12.1. The molecule has 0 spiro atoms. The maximum atomic E-state index is 12.1. The largest absolute Gasteiger partial charge is 0.487 e. The van der Waals surface area contributed by atoms with Gasteiger partial charge < -0.3 is 20.1 Å². The molecule has 1 aromatic rings. The molecule has 0 fully saturated rings. The molecule has 1 aliphatic heterocycles. The molecular formula is C15H16Cl2N2O4. The van der Waals surface area contributed by atoms with E-state index in [9.17, 15) is 9.59 Å². The minimum Gasteiger partial charge on any atom is -0.487 e. The zero-order chi connectivity index (χ0) is 17.0. The summed E-state index contributed by atoms with van der Waals surface area (Å²) in [7, 11) is 0. The van der Waals surface area contributed by atoms with Crippen LogP contribution in [0.4, 0.5) is 4.79 Å². The number of benzene rings is 1. The van der Waals surface area contributed by atoms with Gasteiger partial charge in [0.15, 0.2) is 0 Å². The highest BCUT2D eigenvalue weighted by Crippen LogP contribution is 2.26. The fourth-order valence-corrected chi connectivity index (χ4v) is 2.40. The first-order valence-corrected chi connectivity index (χ1v) is 7.73. The third kappa shape index (κ3) is 4.30. The summed E-state index contributed by atoms with van der Waals surface area (Å²) in [6.07, 6.45) is 0. The molecule has 0 unspecified atom stereocenters. The average molecular weight is 359 g/mol. The zero-order valence-corrected chi connectivity index (χ0v) is 14.1. The van der Waals surface area contributed by atoms with Gasteiger partial charge in [0.25, 0.3) is 0 Å². The van der Waals surface area contributed by atoms with Gasteiger partial charge in [-0.25, -0.2) is 9.59 Å². The Morgan fingerprint density at radius 3 is 2.70 bits per heavy atom. The topological polar surface area (TPSA) is 76.7 Å². The minimum atomic E-state index is -0.500. The van der Waals surface area contributed by atoms with Gasteiger partial charge >= 0.3 is 12.0 Å². The zero-order valence-electron chi connectivity index (χ0n) is 12.6. The Hall–Kier alpha value is -1.92. The Morgan fingerprint density at radius 2 is 2.04 bits per heavy atom. The smallest absolute Gasteiger partial charge is 0.338 e. The van der Waals surface area contributed by atoms with E-state index in [2.05, 4.69) is 10.6 Å². The number of amides is 2. The molecule has 0 bridgehead atoms. The van der Waals surface area contributed by atoms with Crippen LogP contribution in [0.15, 0.2) is 29.5 Å². The SMILES string of the molecule is CCOC(=O)C1=C(COc2ccc(Cl)c(Cl)c2)NC(=O)N[C@H]1C. The number of hydrogen-bond donors (Lipinski definition) is 2. The van der Waals surface area contributed by atoms with Gasteiger partial charge in [-0.2, -0.15) is 0 Å². The molecule has 0 aliphatic carbocycles. The lowest BCUT2D eigenvalue weighted by molar-refractivity contribution is -0.139. The molecule has 2 amide bonds. The summed E-state index contributed by atoms with van der Waals surface area (Å²) in [6, 6.07) is 3.92. The molecule has 2 N–H and O–H groups in total. The number of ether oxygens (including phenoxy) is 2. The highest BCUT2D eigenvalue weighted by atomic mass is 35.5. The van der Waals surface area contributed by atoms with Crippen LogP contribution in [-0.4, -0.2) is 31.3 Å². The highest BCUT2D eigenvalue weighted by Gasteiger charge is 2.29. The van der Waals surface area contributed by atoms with Crippen LogP contribution in [-0.2, 0) is 9.53 Å². The predicted octanol–water partition coefficient (Wildman–Crippen LogP) is 2.89. The Kier molecular flexibility index (Phi) is 5.74. The second-order valence-electron chi connectivity index (χ2n) is 4.80. The minimum absolute atomic E-state index is 0.0101. The van der Waals surface area contributed by atoms with E-state index in [0.717, 1.165) is 0 Å². The van der Waals surface area contributed by atoms with Gasteiger partial charge in [0, 0.05) is 6.07 Å². The number of hydrogen-bond acceptors (Lipinski definition) is 4. The van der Waals surface area contributed by atoms with Crippen LogP contribution in [0.1, 0.15) is 13.8 Å². The quantitative estimate of drug-likeness (QED) is 0.793. The second kappa shape index (κ2) is 7.57. The molecule has 23 heavy (non-hydrogen) atoms. The van der Waals surface area contributed by atoms with E-state index in [0.29, 0.717) is 27.1 Å². The summed E-state index contributed by atoms with van der Waals surface area (Å²) in [4.78, 5) is 23.7. The second-order valence-corrected chi connectivity index (χ2v) is 5.61. The van der Waals surface area contributed by atoms with E-state index in [1.807, 2.05) is 0 Å². The van der Waals surface area contributed by atoms with E-state index >= 15 is 0 Å². The van der Waals surface area contributed by atoms with E-state index < -0.39 is 18.0 Å². The first-order valence-electron chi connectivity index (χ1n) is 6.98.